The summed E-state index contributed by atoms with van der Waals surface area (Å²) in [4.78, 5) is 36.5. The number of ether oxygens (including phenoxy) is 1. The van der Waals surface area contributed by atoms with Crippen molar-refractivity contribution in [1.29, 1.82) is 0 Å². The first-order valence-corrected chi connectivity index (χ1v) is 14.2. The van der Waals surface area contributed by atoms with E-state index >= 15 is 0 Å². The van der Waals surface area contributed by atoms with E-state index in [9.17, 15) is 27.0 Å². The number of benzene rings is 1. The van der Waals surface area contributed by atoms with Crippen molar-refractivity contribution in [2.45, 2.75) is 38.7 Å². The second-order valence-electron chi connectivity index (χ2n) is 7.81. The molecule has 210 valence electrons. The molecule has 1 rings (SSSR count). The smallest absolute Gasteiger partial charge is 0.410 e. The number of carbonyl (C=O) groups is 3. The Bertz CT molecular complexity index is 990. The lowest BCUT2D eigenvalue weighted by Gasteiger charge is -2.22. The van der Waals surface area contributed by atoms with Gasteiger partial charge in [-0.3, -0.25) is 17.7 Å². The van der Waals surface area contributed by atoms with Crippen molar-refractivity contribution >= 4 is 45.2 Å². The van der Waals surface area contributed by atoms with E-state index in [-0.39, 0.29) is 58.1 Å². The number of primary amides is 1. The summed E-state index contributed by atoms with van der Waals surface area (Å²) in [6.45, 7) is 0.465. The molecule has 0 fully saturated rings. The summed E-state index contributed by atoms with van der Waals surface area (Å²) in [5.74, 6) is -0.178. The summed E-state index contributed by atoms with van der Waals surface area (Å²) in [5.41, 5.74) is 6.21. The average molecular weight is 567 g/mol. The summed E-state index contributed by atoms with van der Waals surface area (Å²) in [6, 6.07) is 6.11. The van der Waals surface area contributed by atoms with Crippen LogP contribution in [0.5, 0.6) is 0 Å². The maximum atomic E-state index is 12.5. The van der Waals surface area contributed by atoms with Gasteiger partial charge in [0.15, 0.2) is 0 Å². The van der Waals surface area contributed by atoms with Crippen LogP contribution in [0.15, 0.2) is 24.3 Å². The third-order valence-corrected chi connectivity index (χ3v) is 5.58. The van der Waals surface area contributed by atoms with E-state index in [1.807, 2.05) is 0 Å². The molecule has 0 aliphatic rings. The number of nitrogens with zero attached hydrogens (tertiary/aromatic N) is 1. The average Bonchev–Trinajstić information content (AvgIpc) is 2.81. The zero-order valence-electron chi connectivity index (χ0n) is 20.6. The number of nitrogens with one attached hydrogen (secondary N) is 2. The number of amides is 4. The van der Waals surface area contributed by atoms with Crippen LogP contribution in [0.4, 0.5) is 15.3 Å². The first-order chi connectivity index (χ1) is 17.5. The van der Waals surface area contributed by atoms with Crippen molar-refractivity contribution in [3.63, 3.8) is 0 Å². The number of anilines is 1. The van der Waals surface area contributed by atoms with Crippen molar-refractivity contribution in [1.82, 2.24) is 10.2 Å². The van der Waals surface area contributed by atoms with Gasteiger partial charge in [-0.25, -0.2) is 9.59 Å². The molecule has 1 atom stereocenters. The number of urea groups is 1. The van der Waals surface area contributed by atoms with Gasteiger partial charge < -0.3 is 26.0 Å². The molecule has 16 heteroatoms. The number of hydrogen-bond acceptors (Lipinski definition) is 9. The molecular weight excluding hydrogens is 532 g/mol. The minimum absolute atomic E-state index is 0.0482. The van der Waals surface area contributed by atoms with Crippen molar-refractivity contribution in [3.8, 4) is 0 Å². The van der Waals surface area contributed by atoms with Gasteiger partial charge in [0.25, 0.3) is 10.1 Å². The molecule has 0 aliphatic carbocycles. The van der Waals surface area contributed by atoms with Crippen molar-refractivity contribution < 1.29 is 44.7 Å². The van der Waals surface area contributed by atoms with E-state index in [0.717, 1.165) is 6.26 Å². The molecule has 1 aromatic carbocycles. The van der Waals surface area contributed by atoms with Gasteiger partial charge in [0.2, 0.25) is 5.91 Å². The zero-order chi connectivity index (χ0) is 27.7. The molecule has 1 aromatic rings. The van der Waals surface area contributed by atoms with Gasteiger partial charge >= 0.3 is 23.5 Å². The molecule has 0 saturated carbocycles. The molecule has 4 amide bonds. The highest BCUT2D eigenvalue weighted by Gasteiger charge is 2.16. The van der Waals surface area contributed by atoms with Gasteiger partial charge in [-0.1, -0.05) is 12.1 Å². The van der Waals surface area contributed by atoms with Gasteiger partial charge in [-0.05, 0) is 43.4 Å². The first kappa shape index (κ1) is 32.2. The molecule has 0 spiro atoms. The molecule has 0 aromatic heterocycles. The molecule has 0 radical (unpaired) electrons. The zero-order valence-corrected chi connectivity index (χ0v) is 22.2. The highest BCUT2D eigenvalue weighted by Crippen LogP contribution is 2.12. The normalized spacial score (nSPS) is 11.9. The Kier molecular flexibility index (Phi) is 15.4. The van der Waals surface area contributed by atoms with Gasteiger partial charge in [0.1, 0.15) is 6.61 Å². The minimum atomic E-state index is -3.60. The Morgan fingerprint density at radius 1 is 1.05 bits per heavy atom. The predicted octanol–water partition coefficient (Wildman–Crippen LogP) is 1.31. The Balaban J connectivity index is 2.49. The topological polar surface area (TPSA) is 204 Å². The molecule has 14 nitrogen and oxygen atoms in total. The van der Waals surface area contributed by atoms with Crippen LogP contribution in [-0.2, 0) is 46.0 Å². The highest BCUT2D eigenvalue weighted by molar-refractivity contribution is 7.85. The Morgan fingerprint density at radius 3 is 2.30 bits per heavy atom. The largest absolute Gasteiger partial charge is 0.445 e. The molecule has 0 bridgehead atoms. The van der Waals surface area contributed by atoms with E-state index in [2.05, 4.69) is 19.0 Å². The first-order valence-electron chi connectivity index (χ1n) is 11.4. The van der Waals surface area contributed by atoms with Crippen LogP contribution in [0.1, 0.15) is 37.7 Å². The highest BCUT2D eigenvalue weighted by atomic mass is 32.2. The predicted molar refractivity (Wildman–Crippen MR) is 135 cm³/mol. The van der Waals surface area contributed by atoms with Gasteiger partial charge in [-0.15, -0.1) is 0 Å². The van der Waals surface area contributed by atoms with E-state index in [4.69, 9.17) is 15.0 Å². The van der Waals surface area contributed by atoms with E-state index < -0.39 is 33.6 Å². The number of rotatable bonds is 18. The van der Waals surface area contributed by atoms with Gasteiger partial charge in [0, 0.05) is 31.7 Å². The van der Waals surface area contributed by atoms with Crippen LogP contribution in [0.3, 0.4) is 0 Å². The van der Waals surface area contributed by atoms with Crippen molar-refractivity contribution in [3.05, 3.63) is 29.8 Å². The third-order valence-electron chi connectivity index (χ3n) is 4.61. The SMILES string of the molecule is CS(=O)(=O)OCCCN(CCCOS(=O)O)C(=O)OCc1ccc(NC(=O)CCCCNC(N)=O)cc1. The summed E-state index contributed by atoms with van der Waals surface area (Å²) in [5, 5.41) is 5.21. The van der Waals surface area contributed by atoms with Crippen molar-refractivity contribution in [2.75, 3.05) is 44.4 Å². The van der Waals surface area contributed by atoms with Crippen LogP contribution >= 0.6 is 0 Å². The van der Waals surface area contributed by atoms with Crippen LogP contribution in [0.25, 0.3) is 0 Å². The van der Waals surface area contributed by atoms with E-state index in [1.54, 1.807) is 24.3 Å². The quantitative estimate of drug-likeness (QED) is 0.114. The van der Waals surface area contributed by atoms with Crippen molar-refractivity contribution in [2.24, 2.45) is 5.73 Å². The second-order valence-corrected chi connectivity index (χ2v) is 10.1. The molecule has 5 N–H and O–H groups in total. The van der Waals surface area contributed by atoms with Crippen LogP contribution < -0.4 is 16.4 Å². The maximum Gasteiger partial charge on any atom is 0.410 e. The second kappa shape index (κ2) is 17.6. The summed E-state index contributed by atoms with van der Waals surface area (Å²) >= 11 is -2.41. The standard InChI is InChI=1S/C21H34N4O10S2/c1-37(31,32)35-15-5-13-25(12-4-14-34-36(29)30)21(28)33-16-17-7-9-18(10-8-17)24-19(26)6-2-3-11-23-20(22)27/h7-10H,2-6,11-16H2,1H3,(H,24,26)(H,29,30)(H3,22,23,27). The Labute approximate surface area is 218 Å². The fourth-order valence-corrected chi connectivity index (χ4v) is 3.59. The van der Waals surface area contributed by atoms with Gasteiger partial charge in [0.05, 0.1) is 19.5 Å². The number of unbranched alkanes of at least 4 members (excludes halogenated alkanes) is 1. The Hall–Kier alpha value is -2.79. The lowest BCUT2D eigenvalue weighted by atomic mass is 10.2. The van der Waals surface area contributed by atoms with Crippen LogP contribution in [0, 0.1) is 0 Å². The third kappa shape index (κ3) is 17.3. The van der Waals surface area contributed by atoms with E-state index in [1.165, 1.54) is 4.90 Å². The van der Waals surface area contributed by atoms with Gasteiger partial charge in [-0.2, -0.15) is 12.6 Å². The fraction of sp³-hybridized carbons (Fsp3) is 0.571. The lowest BCUT2D eigenvalue weighted by molar-refractivity contribution is -0.116. The summed E-state index contributed by atoms with van der Waals surface area (Å²) in [7, 11) is -3.60. The maximum absolute atomic E-state index is 12.5. The lowest BCUT2D eigenvalue weighted by Crippen LogP contribution is -2.34. The number of carbonyl (C=O) groups excluding carboxylic acids is 3. The minimum Gasteiger partial charge on any atom is -0.445 e. The fourth-order valence-electron chi connectivity index (χ4n) is 2.91. The number of hydrogen-bond donors (Lipinski definition) is 4. The molecular formula is C21H34N4O10S2. The molecule has 0 aliphatic heterocycles. The molecule has 37 heavy (non-hydrogen) atoms. The summed E-state index contributed by atoms with van der Waals surface area (Å²) < 4.78 is 56.0. The Morgan fingerprint density at radius 2 is 1.70 bits per heavy atom. The molecule has 0 saturated heterocycles. The number of nitrogens with two attached hydrogens (primary N) is 1. The summed E-state index contributed by atoms with van der Waals surface area (Å²) in [6.07, 6.45) is 2.23. The molecule has 0 heterocycles. The monoisotopic (exact) mass is 566 g/mol. The van der Waals surface area contributed by atoms with Crippen LogP contribution in [0.2, 0.25) is 0 Å². The molecule has 1 unspecified atom stereocenters. The van der Waals surface area contributed by atoms with E-state index in [0.29, 0.717) is 30.6 Å². The van der Waals surface area contributed by atoms with Crippen LogP contribution in [-0.4, -0.2) is 79.2 Å².